The molecule has 0 spiro atoms. The second-order valence-corrected chi connectivity index (χ2v) is 33.5. The van der Waals surface area contributed by atoms with Crippen LogP contribution in [-0.2, 0) is 39.3 Å². The summed E-state index contributed by atoms with van der Waals surface area (Å²) in [4.78, 5) is 49.3. The standard InChI is InChI=1S/4C16H35O2P.Mo/c4*1-5-9-11-15(7-3)13-19(17,18)14-16(8-4)12-10-6-2;/h4*15-16H,5-14H2,1-4H3,(H,17,18);/q;;;;+4/p-4. The molecule has 0 saturated heterocycles. The van der Waals surface area contributed by atoms with Gasteiger partial charge in [-0.3, -0.25) is 0 Å². The molecule has 8 unspecified atom stereocenters. The molecule has 0 heterocycles. The number of hydrogen-bond acceptors (Lipinski definition) is 8. The van der Waals surface area contributed by atoms with Crippen LogP contribution in [0.2, 0.25) is 0 Å². The van der Waals surface area contributed by atoms with Crippen LogP contribution in [0.3, 0.4) is 0 Å². The smallest absolute Gasteiger partial charge is 0.799 e. The second-order valence-electron chi connectivity index (χ2n) is 24.1. The van der Waals surface area contributed by atoms with Crippen LogP contribution in [0.4, 0.5) is 0 Å². The van der Waals surface area contributed by atoms with Crippen molar-refractivity contribution in [1.82, 2.24) is 0 Å². The van der Waals surface area contributed by atoms with Crippen molar-refractivity contribution in [1.29, 1.82) is 0 Å². The maximum atomic E-state index is 12.3. The van der Waals surface area contributed by atoms with Crippen LogP contribution in [0, 0.1) is 47.3 Å². The zero-order chi connectivity index (χ0) is 58.9. The topological polar surface area (TPSA) is 161 Å². The predicted molar refractivity (Wildman–Crippen MR) is 336 cm³/mol. The van der Waals surface area contributed by atoms with Crippen LogP contribution in [0.15, 0.2) is 0 Å². The molecular weight excluding hydrogens is 1120 g/mol. The first-order valence-electron chi connectivity index (χ1n) is 33.1. The molecule has 8 atom stereocenters. The van der Waals surface area contributed by atoms with Gasteiger partial charge in [0.25, 0.3) is 0 Å². The number of unbranched alkanes of at least 4 members (excludes halogenated alkanes) is 8. The fourth-order valence-corrected chi connectivity index (χ4v) is 21.2. The Morgan fingerprint density at radius 2 is 0.312 bits per heavy atom. The van der Waals surface area contributed by atoms with E-state index in [2.05, 4.69) is 111 Å². The fourth-order valence-electron chi connectivity index (χ4n) is 10.8. The van der Waals surface area contributed by atoms with Crippen molar-refractivity contribution >= 4 is 29.5 Å². The predicted octanol–water partition coefficient (Wildman–Crippen LogP) is 20.2. The quantitative estimate of drug-likeness (QED) is 0.0430. The van der Waals surface area contributed by atoms with Crippen molar-refractivity contribution in [2.75, 3.05) is 49.3 Å². The molecule has 8 nitrogen and oxygen atoms in total. The minimum absolute atomic E-state index is 0. The molecule has 0 aliphatic rings. The molecule has 0 rings (SSSR count). The van der Waals surface area contributed by atoms with Crippen LogP contribution in [0.5, 0.6) is 0 Å². The van der Waals surface area contributed by atoms with Gasteiger partial charge in [0.05, 0.1) is 0 Å². The Labute approximate surface area is 498 Å². The van der Waals surface area contributed by atoms with Crippen LogP contribution >= 0.6 is 29.5 Å². The molecule has 0 aliphatic carbocycles. The van der Waals surface area contributed by atoms with Crippen molar-refractivity contribution in [2.24, 2.45) is 47.3 Å². The Morgan fingerprint density at radius 1 is 0.221 bits per heavy atom. The zero-order valence-electron chi connectivity index (χ0n) is 54.4. The Balaban J connectivity index is -0.000000298. The summed E-state index contributed by atoms with van der Waals surface area (Å²) in [7, 11) is -12.7. The molecule has 0 saturated carbocycles. The SMILES string of the molecule is CCCCC(CC)CP(=O)([O-])CC(CC)CCCC.CCCCC(CC)CP(=O)([O-])CC(CC)CCCC.CCCCC(CC)CP(=O)([O-])CC(CC)CCCC.CCCCC(CC)CP(=O)([O-])CC(CC)CCCC.[Mo+4]. The minimum Gasteiger partial charge on any atom is -0.799 e. The van der Waals surface area contributed by atoms with Gasteiger partial charge in [-0.25, -0.2) is 0 Å². The van der Waals surface area contributed by atoms with Gasteiger partial charge in [-0.05, 0) is 96.6 Å². The molecule has 0 aromatic heterocycles. The summed E-state index contributed by atoms with van der Waals surface area (Å²) in [6.07, 6.45) is 38.6. The van der Waals surface area contributed by atoms with Gasteiger partial charge in [-0.1, -0.05) is 316 Å². The molecular formula is C64H136MoO8P4. The fraction of sp³-hybridized carbons (Fsp3) is 1.00. The summed E-state index contributed by atoms with van der Waals surface area (Å²) >= 11 is 0. The Kier molecular flexibility index (Phi) is 64.1. The van der Waals surface area contributed by atoms with E-state index in [4.69, 9.17) is 0 Å². The number of hydrogen-bond donors (Lipinski definition) is 0. The van der Waals surface area contributed by atoms with Gasteiger partial charge in [0.2, 0.25) is 0 Å². The first kappa shape index (κ1) is 87.2. The first-order valence-corrected chi connectivity index (χ1v) is 41.1. The van der Waals surface area contributed by atoms with Crippen LogP contribution < -0.4 is 19.6 Å². The molecule has 466 valence electrons. The van der Waals surface area contributed by atoms with E-state index < -0.39 is 29.5 Å². The molecule has 0 aliphatic heterocycles. The molecule has 0 N–H and O–H groups in total. The van der Waals surface area contributed by atoms with Gasteiger partial charge < -0.3 is 37.8 Å². The summed E-state index contributed by atoms with van der Waals surface area (Å²) in [5, 5.41) is 0. The Hall–Kier alpha value is 1.45. The van der Waals surface area contributed by atoms with Gasteiger partial charge >= 0.3 is 21.1 Å². The monoisotopic (exact) mass is 1250 g/mol. The van der Waals surface area contributed by atoms with Crippen molar-refractivity contribution in [3.63, 3.8) is 0 Å². The van der Waals surface area contributed by atoms with Crippen molar-refractivity contribution in [3.8, 4) is 0 Å². The third kappa shape index (κ3) is 55.1. The summed E-state index contributed by atoms with van der Waals surface area (Å²) in [6.45, 7) is 34.3. The normalized spacial score (nSPS) is 17.7. The van der Waals surface area contributed by atoms with Crippen molar-refractivity contribution in [3.05, 3.63) is 0 Å². The van der Waals surface area contributed by atoms with E-state index in [-0.39, 0.29) is 21.1 Å². The van der Waals surface area contributed by atoms with E-state index in [0.717, 1.165) is 205 Å². The average Bonchev–Trinajstić information content (AvgIpc) is 3.39. The largest absolute Gasteiger partial charge is 4.00 e. The van der Waals surface area contributed by atoms with Gasteiger partial charge in [0.1, 0.15) is 0 Å². The first-order chi connectivity index (χ1) is 35.9. The van der Waals surface area contributed by atoms with E-state index in [1.54, 1.807) is 0 Å². The van der Waals surface area contributed by atoms with Gasteiger partial charge in [-0.15, -0.1) is 0 Å². The summed E-state index contributed by atoms with van der Waals surface area (Å²) in [5.74, 6) is 3.05. The summed E-state index contributed by atoms with van der Waals surface area (Å²) in [5.41, 5.74) is 0. The van der Waals surface area contributed by atoms with E-state index in [1.807, 2.05) is 0 Å². The zero-order valence-corrected chi connectivity index (χ0v) is 60.0. The Bertz CT molecular complexity index is 1140. The molecule has 0 fully saturated rings. The minimum atomic E-state index is -3.17. The maximum Gasteiger partial charge on any atom is 4.00 e. The molecule has 0 aromatic carbocycles. The van der Waals surface area contributed by atoms with Crippen LogP contribution in [0.25, 0.3) is 0 Å². The van der Waals surface area contributed by atoms with Gasteiger partial charge in [-0.2, -0.15) is 0 Å². The van der Waals surface area contributed by atoms with Crippen LogP contribution in [0.1, 0.15) is 316 Å². The van der Waals surface area contributed by atoms with E-state index in [1.165, 1.54) is 0 Å². The third-order valence-corrected chi connectivity index (χ3v) is 25.2. The third-order valence-electron chi connectivity index (χ3n) is 16.6. The molecule has 0 aromatic rings. The maximum absolute atomic E-state index is 12.3. The molecule has 77 heavy (non-hydrogen) atoms. The number of rotatable bonds is 48. The van der Waals surface area contributed by atoms with E-state index in [9.17, 15) is 37.8 Å². The summed E-state index contributed by atoms with van der Waals surface area (Å²) in [6, 6.07) is 0. The second kappa shape index (κ2) is 56.6. The van der Waals surface area contributed by atoms with E-state index in [0.29, 0.717) is 96.6 Å². The average molecular weight is 1250 g/mol. The van der Waals surface area contributed by atoms with E-state index >= 15 is 0 Å². The van der Waals surface area contributed by atoms with Gasteiger partial charge in [0.15, 0.2) is 0 Å². The van der Waals surface area contributed by atoms with Crippen LogP contribution in [-0.4, -0.2) is 49.3 Å². The van der Waals surface area contributed by atoms with Crippen molar-refractivity contribution < 1.29 is 58.9 Å². The molecule has 0 radical (unpaired) electrons. The molecule has 0 bridgehead atoms. The Morgan fingerprint density at radius 3 is 0.377 bits per heavy atom. The summed E-state index contributed by atoms with van der Waals surface area (Å²) < 4.78 is 49.3. The van der Waals surface area contributed by atoms with Gasteiger partial charge in [0, 0.05) is 29.5 Å². The molecule has 0 amide bonds. The van der Waals surface area contributed by atoms with Crippen molar-refractivity contribution in [2.45, 2.75) is 316 Å². The molecule has 13 heteroatoms.